The highest BCUT2D eigenvalue weighted by molar-refractivity contribution is 5.88. The van der Waals surface area contributed by atoms with E-state index < -0.39 is 5.97 Å². The number of carbonyl (C=O) groups is 1. The first-order chi connectivity index (χ1) is 15.7. The number of rotatable bonds is 13. The first kappa shape index (κ1) is 23.4. The molecular weight excluding hydrogens is 400 g/mol. The van der Waals surface area contributed by atoms with Crippen LogP contribution in [-0.2, 0) is 6.61 Å². The van der Waals surface area contributed by atoms with Crippen LogP contribution in [0.4, 0.5) is 0 Å². The molecule has 3 aromatic rings. The van der Waals surface area contributed by atoms with Crippen LogP contribution in [0.25, 0.3) is 11.1 Å². The van der Waals surface area contributed by atoms with Crippen molar-refractivity contribution < 1.29 is 19.4 Å². The molecule has 0 saturated heterocycles. The largest absolute Gasteiger partial charge is 0.494 e. The van der Waals surface area contributed by atoms with Crippen molar-refractivity contribution in [1.82, 2.24) is 0 Å². The van der Waals surface area contributed by atoms with E-state index in [1.165, 1.54) is 32.1 Å². The maximum Gasteiger partial charge on any atom is 0.335 e. The van der Waals surface area contributed by atoms with Crippen molar-refractivity contribution in [1.29, 1.82) is 0 Å². The minimum Gasteiger partial charge on any atom is -0.494 e. The quantitative estimate of drug-likeness (QED) is 0.286. The molecule has 0 aromatic heterocycles. The van der Waals surface area contributed by atoms with E-state index in [1.54, 1.807) is 12.1 Å². The number of hydrogen-bond donors (Lipinski definition) is 1. The second-order valence-electron chi connectivity index (χ2n) is 7.96. The first-order valence-electron chi connectivity index (χ1n) is 11.4. The minimum atomic E-state index is -0.919. The van der Waals surface area contributed by atoms with Gasteiger partial charge in [0, 0.05) is 0 Å². The second kappa shape index (κ2) is 12.6. The highest BCUT2D eigenvalue weighted by atomic mass is 16.5. The summed E-state index contributed by atoms with van der Waals surface area (Å²) >= 11 is 0. The van der Waals surface area contributed by atoms with Crippen LogP contribution in [0, 0.1) is 0 Å². The monoisotopic (exact) mass is 432 g/mol. The van der Waals surface area contributed by atoms with E-state index in [1.807, 2.05) is 60.7 Å². The average Bonchev–Trinajstić information content (AvgIpc) is 2.83. The second-order valence-corrected chi connectivity index (χ2v) is 7.96. The van der Waals surface area contributed by atoms with E-state index in [9.17, 15) is 4.79 Å². The summed E-state index contributed by atoms with van der Waals surface area (Å²) in [4.78, 5) is 11.0. The molecule has 3 rings (SSSR count). The van der Waals surface area contributed by atoms with E-state index in [0.717, 1.165) is 41.2 Å². The summed E-state index contributed by atoms with van der Waals surface area (Å²) in [6.07, 6.45) is 7.57. The molecule has 3 aromatic carbocycles. The van der Waals surface area contributed by atoms with Gasteiger partial charge >= 0.3 is 5.97 Å². The van der Waals surface area contributed by atoms with Crippen LogP contribution >= 0.6 is 0 Å². The lowest BCUT2D eigenvalue weighted by atomic mass is 10.0. The van der Waals surface area contributed by atoms with Gasteiger partial charge in [-0.05, 0) is 59.5 Å². The van der Waals surface area contributed by atoms with Gasteiger partial charge in [-0.1, -0.05) is 75.4 Å². The number of ether oxygens (including phenoxy) is 2. The normalized spacial score (nSPS) is 10.7. The standard InChI is InChI=1S/C28H32O4/c1-2-3-4-5-6-7-20-31-26-16-8-22(9-17-26)21-32-27-18-14-24(15-19-27)23-10-12-25(13-11-23)28(29)30/h8-19H,2-7,20-21H2,1H3,(H,29,30). The van der Waals surface area contributed by atoms with E-state index in [-0.39, 0.29) is 5.56 Å². The van der Waals surface area contributed by atoms with Crippen molar-refractivity contribution in [3.05, 3.63) is 83.9 Å². The summed E-state index contributed by atoms with van der Waals surface area (Å²) in [5.74, 6) is 0.776. The van der Waals surface area contributed by atoms with Crippen LogP contribution in [0.3, 0.4) is 0 Å². The third-order valence-electron chi connectivity index (χ3n) is 5.41. The van der Waals surface area contributed by atoms with Gasteiger partial charge in [-0.15, -0.1) is 0 Å². The number of hydrogen-bond acceptors (Lipinski definition) is 3. The molecule has 0 aliphatic carbocycles. The lowest BCUT2D eigenvalue weighted by molar-refractivity contribution is 0.0697. The zero-order chi connectivity index (χ0) is 22.6. The molecule has 0 amide bonds. The molecule has 0 aliphatic heterocycles. The molecule has 0 aliphatic rings. The lowest BCUT2D eigenvalue weighted by Crippen LogP contribution is -1.99. The van der Waals surface area contributed by atoms with E-state index in [2.05, 4.69) is 6.92 Å². The molecule has 0 unspecified atom stereocenters. The van der Waals surface area contributed by atoms with E-state index in [0.29, 0.717) is 6.61 Å². The van der Waals surface area contributed by atoms with Gasteiger partial charge in [0.1, 0.15) is 18.1 Å². The molecule has 0 radical (unpaired) electrons. The fourth-order valence-corrected chi connectivity index (χ4v) is 3.47. The molecular formula is C28H32O4. The predicted octanol–water partition coefficient (Wildman–Crippen LogP) is 7.37. The third kappa shape index (κ3) is 7.45. The summed E-state index contributed by atoms with van der Waals surface area (Å²) in [6, 6.07) is 22.7. The summed E-state index contributed by atoms with van der Waals surface area (Å²) in [5, 5.41) is 9.01. The van der Waals surface area contributed by atoms with Gasteiger partial charge in [0.25, 0.3) is 0 Å². The molecule has 0 fully saturated rings. The van der Waals surface area contributed by atoms with Gasteiger partial charge in [-0.2, -0.15) is 0 Å². The van der Waals surface area contributed by atoms with Crippen LogP contribution in [0.5, 0.6) is 11.5 Å². The Kier molecular flexibility index (Phi) is 9.18. The van der Waals surface area contributed by atoms with Gasteiger partial charge in [0.2, 0.25) is 0 Å². The SMILES string of the molecule is CCCCCCCCOc1ccc(COc2ccc(-c3ccc(C(=O)O)cc3)cc2)cc1. The minimum absolute atomic E-state index is 0.285. The first-order valence-corrected chi connectivity index (χ1v) is 11.4. The Morgan fingerprint density at radius 3 is 1.84 bits per heavy atom. The molecule has 32 heavy (non-hydrogen) atoms. The van der Waals surface area contributed by atoms with Gasteiger partial charge in [0.15, 0.2) is 0 Å². The molecule has 0 heterocycles. The van der Waals surface area contributed by atoms with Crippen molar-refractivity contribution in [3.8, 4) is 22.6 Å². The van der Waals surface area contributed by atoms with Crippen molar-refractivity contribution in [2.24, 2.45) is 0 Å². The molecule has 1 N–H and O–H groups in total. The zero-order valence-electron chi connectivity index (χ0n) is 18.8. The molecule has 4 nitrogen and oxygen atoms in total. The maximum absolute atomic E-state index is 11.0. The number of benzene rings is 3. The topological polar surface area (TPSA) is 55.8 Å². The smallest absolute Gasteiger partial charge is 0.335 e. The van der Waals surface area contributed by atoms with Crippen LogP contribution in [-0.4, -0.2) is 17.7 Å². The third-order valence-corrected chi connectivity index (χ3v) is 5.41. The van der Waals surface area contributed by atoms with Crippen molar-refractivity contribution in [2.45, 2.75) is 52.1 Å². The van der Waals surface area contributed by atoms with Crippen LogP contribution in [0.2, 0.25) is 0 Å². The Morgan fingerprint density at radius 2 is 1.22 bits per heavy atom. The summed E-state index contributed by atoms with van der Waals surface area (Å²) in [6.45, 7) is 3.50. The molecule has 0 bridgehead atoms. The highest BCUT2D eigenvalue weighted by Crippen LogP contribution is 2.24. The summed E-state index contributed by atoms with van der Waals surface area (Å²) in [5.41, 5.74) is 3.36. The molecule has 4 heteroatoms. The lowest BCUT2D eigenvalue weighted by Gasteiger charge is -2.09. The fraction of sp³-hybridized carbons (Fsp3) is 0.321. The summed E-state index contributed by atoms with van der Waals surface area (Å²) < 4.78 is 11.7. The Labute approximate surface area is 190 Å². The predicted molar refractivity (Wildman–Crippen MR) is 128 cm³/mol. The van der Waals surface area contributed by atoms with Gasteiger partial charge < -0.3 is 14.6 Å². The van der Waals surface area contributed by atoms with Gasteiger partial charge in [-0.25, -0.2) is 4.79 Å². The van der Waals surface area contributed by atoms with Crippen LogP contribution in [0.15, 0.2) is 72.8 Å². The van der Waals surface area contributed by atoms with E-state index >= 15 is 0 Å². The molecule has 0 spiro atoms. The number of carboxylic acids is 1. The zero-order valence-corrected chi connectivity index (χ0v) is 18.8. The molecule has 0 atom stereocenters. The number of aromatic carboxylic acids is 1. The van der Waals surface area contributed by atoms with Gasteiger partial charge in [-0.3, -0.25) is 0 Å². The Hall–Kier alpha value is -3.27. The maximum atomic E-state index is 11.0. The van der Waals surface area contributed by atoms with Crippen molar-refractivity contribution in [2.75, 3.05) is 6.61 Å². The molecule has 168 valence electrons. The summed E-state index contributed by atoms with van der Waals surface area (Å²) in [7, 11) is 0. The number of unbranched alkanes of at least 4 members (excludes halogenated alkanes) is 5. The van der Waals surface area contributed by atoms with Crippen molar-refractivity contribution in [3.63, 3.8) is 0 Å². The fourth-order valence-electron chi connectivity index (χ4n) is 3.47. The van der Waals surface area contributed by atoms with Crippen LogP contribution in [0.1, 0.15) is 61.4 Å². The van der Waals surface area contributed by atoms with Crippen LogP contribution < -0.4 is 9.47 Å². The average molecular weight is 433 g/mol. The highest BCUT2D eigenvalue weighted by Gasteiger charge is 2.04. The molecule has 0 saturated carbocycles. The number of carboxylic acid groups (broad SMARTS) is 1. The Morgan fingerprint density at radius 1 is 0.688 bits per heavy atom. The van der Waals surface area contributed by atoms with E-state index in [4.69, 9.17) is 14.6 Å². The van der Waals surface area contributed by atoms with Crippen molar-refractivity contribution >= 4 is 5.97 Å². The Bertz CT molecular complexity index is 944. The Balaban J connectivity index is 1.42. The van der Waals surface area contributed by atoms with Gasteiger partial charge in [0.05, 0.1) is 12.2 Å².